The van der Waals surface area contributed by atoms with Crippen molar-refractivity contribution in [3.8, 4) is 0 Å². The topological polar surface area (TPSA) is 27.1 Å². The summed E-state index contributed by atoms with van der Waals surface area (Å²) in [5.41, 5.74) is 0.349. The van der Waals surface area contributed by atoms with E-state index >= 15 is 0 Å². The van der Waals surface area contributed by atoms with Crippen LogP contribution in [-0.2, 0) is 0 Å². The Morgan fingerprint density at radius 1 is 0.625 bits per heavy atom. The predicted octanol–water partition coefficient (Wildman–Crippen LogP) is 5.45. The van der Waals surface area contributed by atoms with Gasteiger partial charge in [-0.1, -0.05) is 12.1 Å². The van der Waals surface area contributed by atoms with Crippen LogP contribution in [-0.4, -0.2) is 13.0 Å². The van der Waals surface area contributed by atoms with Crippen molar-refractivity contribution < 1.29 is 4.39 Å². The first-order valence-corrected chi connectivity index (χ1v) is 9.19. The minimum absolute atomic E-state index is 0.326. The zero-order valence-electron chi connectivity index (χ0n) is 12.9. The summed E-state index contributed by atoms with van der Waals surface area (Å²) >= 11 is 0. The van der Waals surface area contributed by atoms with E-state index in [-0.39, 0.29) is 5.82 Å². The molecule has 0 unspecified atom stereocenters. The monoisotopic (exact) mass is 338 g/mol. The zero-order chi connectivity index (χ0) is 16.4. The Balaban J connectivity index is 2.12. The lowest BCUT2D eigenvalue weighted by Gasteiger charge is -2.29. The van der Waals surface area contributed by atoms with Crippen LogP contribution >= 0.6 is 7.51 Å². The molecule has 120 valence electrons. The fourth-order valence-corrected chi connectivity index (χ4v) is 5.71. The maximum atomic E-state index is 14.3. The molecule has 4 nitrogen and oxygen atoms in total. The first-order valence-electron chi connectivity index (χ1n) is 7.59. The van der Waals surface area contributed by atoms with Crippen molar-refractivity contribution >= 4 is 13.2 Å². The summed E-state index contributed by atoms with van der Waals surface area (Å²) in [4.78, 5) is 0. The summed E-state index contributed by atoms with van der Waals surface area (Å²) in [7, 11) is -2.52. The molecule has 0 saturated heterocycles. The van der Waals surface area contributed by atoms with Gasteiger partial charge in [-0.3, -0.25) is 13.0 Å². The number of hydrogen-bond acceptors (Lipinski definition) is 1. The predicted molar refractivity (Wildman–Crippen MR) is 94.9 cm³/mol. The van der Waals surface area contributed by atoms with Crippen molar-refractivity contribution in [1.82, 2.24) is 13.0 Å². The largest absolute Gasteiger partial charge is 0.288 e. The fourth-order valence-electron chi connectivity index (χ4n) is 2.70. The molecule has 0 N–H and O–H groups in total. The molecule has 0 aliphatic heterocycles. The normalized spacial score (nSPS) is 11.5. The zero-order valence-corrected chi connectivity index (χ0v) is 13.7. The summed E-state index contributed by atoms with van der Waals surface area (Å²) < 4.78 is 25.4. The molecule has 0 spiro atoms. The van der Waals surface area contributed by atoms with Crippen molar-refractivity contribution in [3.63, 3.8) is 0 Å². The third kappa shape index (κ3) is 2.34. The van der Waals surface area contributed by atoms with Gasteiger partial charge in [0.2, 0.25) is 0 Å². The van der Waals surface area contributed by atoms with Crippen LogP contribution in [0.25, 0.3) is 0 Å². The first-order chi connectivity index (χ1) is 11.8. The quantitative estimate of drug-likeness (QED) is 0.442. The Hall–Kier alpha value is -2.78. The standard InChI is InChI=1S/C18H16FN4P/c19-17-9-1-2-10-18(17)20-24(21-11-3-4-12-21,22-13-5-6-14-22)23-15-7-8-16-23/h1-16H. The van der Waals surface area contributed by atoms with E-state index in [9.17, 15) is 4.39 Å². The van der Waals surface area contributed by atoms with Gasteiger partial charge in [-0.15, -0.1) is 0 Å². The molecule has 0 bridgehead atoms. The van der Waals surface area contributed by atoms with Gasteiger partial charge >= 0.3 is 0 Å². The second kappa shape index (κ2) is 6.02. The SMILES string of the molecule is Fc1ccccc1N=P(n1cccc1)(n1cccc1)n1cccc1. The Labute approximate surface area is 139 Å². The van der Waals surface area contributed by atoms with Crippen molar-refractivity contribution in [1.29, 1.82) is 0 Å². The van der Waals surface area contributed by atoms with Crippen LogP contribution in [0.3, 0.4) is 0 Å². The Bertz CT molecular complexity index is 879. The average Bonchev–Trinajstić information content (AvgIpc) is 3.37. The van der Waals surface area contributed by atoms with Crippen molar-refractivity contribution in [2.45, 2.75) is 0 Å². The van der Waals surface area contributed by atoms with Crippen molar-refractivity contribution in [2.75, 3.05) is 0 Å². The van der Waals surface area contributed by atoms with E-state index in [0.29, 0.717) is 5.69 Å². The van der Waals surface area contributed by atoms with E-state index in [4.69, 9.17) is 4.74 Å². The molecular weight excluding hydrogens is 322 g/mol. The maximum absolute atomic E-state index is 14.3. The lowest BCUT2D eigenvalue weighted by atomic mass is 10.3. The maximum Gasteiger partial charge on any atom is 0.259 e. The van der Waals surface area contributed by atoms with Crippen LogP contribution in [0.1, 0.15) is 0 Å². The molecule has 1 aromatic carbocycles. The molecule has 0 aliphatic carbocycles. The summed E-state index contributed by atoms with van der Waals surface area (Å²) in [6.45, 7) is 0. The minimum atomic E-state index is -2.52. The molecule has 0 atom stereocenters. The molecule has 0 radical (unpaired) electrons. The van der Waals surface area contributed by atoms with E-state index in [1.54, 1.807) is 18.2 Å². The van der Waals surface area contributed by atoms with Gasteiger partial charge in [-0.25, -0.2) is 9.14 Å². The number of hydrogen-bond donors (Lipinski definition) is 0. The van der Waals surface area contributed by atoms with Gasteiger partial charge in [0.15, 0.2) is 0 Å². The Morgan fingerprint density at radius 2 is 1.04 bits per heavy atom. The number of halogens is 1. The summed E-state index contributed by atoms with van der Waals surface area (Å²) in [6.07, 6.45) is 11.8. The second-order valence-corrected chi connectivity index (χ2v) is 7.94. The highest BCUT2D eigenvalue weighted by Gasteiger charge is 2.26. The van der Waals surface area contributed by atoms with Gasteiger partial charge in [-0.2, -0.15) is 0 Å². The second-order valence-electron chi connectivity index (χ2n) is 5.28. The van der Waals surface area contributed by atoms with Gasteiger partial charge in [0.25, 0.3) is 7.51 Å². The number of aromatic nitrogens is 3. The third-order valence-corrected chi connectivity index (χ3v) is 6.93. The summed E-state index contributed by atoms with van der Waals surface area (Å²) in [6, 6.07) is 18.4. The molecule has 0 saturated carbocycles. The first kappa shape index (κ1) is 14.8. The fraction of sp³-hybridized carbons (Fsp3) is 0. The lowest BCUT2D eigenvalue weighted by Crippen LogP contribution is -2.10. The van der Waals surface area contributed by atoms with Gasteiger partial charge in [0, 0.05) is 37.2 Å². The van der Waals surface area contributed by atoms with E-state index in [0.717, 1.165) is 0 Å². The highest BCUT2D eigenvalue weighted by atomic mass is 31.2. The van der Waals surface area contributed by atoms with Gasteiger partial charge < -0.3 is 0 Å². The van der Waals surface area contributed by atoms with E-state index in [1.165, 1.54) is 6.07 Å². The van der Waals surface area contributed by atoms with E-state index in [2.05, 4.69) is 13.0 Å². The molecule has 0 amide bonds. The van der Waals surface area contributed by atoms with Crippen LogP contribution in [0.2, 0.25) is 0 Å². The number of rotatable bonds is 4. The molecule has 0 aliphatic rings. The Morgan fingerprint density at radius 3 is 1.46 bits per heavy atom. The number of nitrogens with zero attached hydrogens (tertiary/aromatic N) is 4. The molecular formula is C18H16FN4P. The van der Waals surface area contributed by atoms with Crippen molar-refractivity contribution in [3.05, 3.63) is 104 Å². The highest BCUT2D eigenvalue weighted by Crippen LogP contribution is 2.55. The number of benzene rings is 1. The molecule has 24 heavy (non-hydrogen) atoms. The molecule has 4 aromatic rings. The molecule has 3 aromatic heterocycles. The van der Waals surface area contributed by atoms with Gasteiger partial charge in [-0.05, 0) is 48.5 Å². The lowest BCUT2D eigenvalue weighted by molar-refractivity contribution is 0.630. The highest BCUT2D eigenvalue weighted by molar-refractivity contribution is 7.61. The summed E-state index contributed by atoms with van der Waals surface area (Å²) in [5, 5.41) is 0. The van der Waals surface area contributed by atoms with Crippen LogP contribution in [0.4, 0.5) is 10.1 Å². The smallest absolute Gasteiger partial charge is 0.259 e. The van der Waals surface area contributed by atoms with Gasteiger partial charge in [0.1, 0.15) is 11.5 Å². The van der Waals surface area contributed by atoms with E-state index in [1.807, 2.05) is 73.6 Å². The van der Waals surface area contributed by atoms with Crippen LogP contribution in [0.15, 0.2) is 103 Å². The van der Waals surface area contributed by atoms with Crippen LogP contribution in [0, 0.1) is 5.82 Å². The summed E-state index contributed by atoms with van der Waals surface area (Å²) in [5.74, 6) is -0.326. The van der Waals surface area contributed by atoms with Crippen molar-refractivity contribution in [2.24, 2.45) is 4.74 Å². The van der Waals surface area contributed by atoms with Gasteiger partial charge in [0.05, 0.1) is 0 Å². The average molecular weight is 338 g/mol. The van der Waals surface area contributed by atoms with Crippen LogP contribution < -0.4 is 0 Å². The molecule has 0 fully saturated rings. The molecule has 3 heterocycles. The Kier molecular flexibility index (Phi) is 3.71. The minimum Gasteiger partial charge on any atom is -0.288 e. The molecule has 4 rings (SSSR count). The molecule has 6 heteroatoms. The van der Waals surface area contributed by atoms with Crippen LogP contribution in [0.5, 0.6) is 0 Å². The third-order valence-electron chi connectivity index (χ3n) is 3.79. The van der Waals surface area contributed by atoms with E-state index < -0.39 is 7.51 Å².